The number of anilines is 1. The van der Waals surface area contributed by atoms with E-state index in [1.807, 2.05) is 30.3 Å². The van der Waals surface area contributed by atoms with Crippen molar-refractivity contribution in [3.05, 3.63) is 77.6 Å². The number of carbonyl (C=O) groups is 1. The first kappa shape index (κ1) is 21.1. The van der Waals surface area contributed by atoms with Crippen molar-refractivity contribution >= 4 is 45.9 Å². The number of aromatic nitrogens is 2. The van der Waals surface area contributed by atoms with Crippen LogP contribution in [0.2, 0.25) is 5.02 Å². The summed E-state index contributed by atoms with van der Waals surface area (Å²) in [7, 11) is 1.51. The molecule has 4 rings (SSSR count). The summed E-state index contributed by atoms with van der Waals surface area (Å²) >= 11 is 7.23. The Labute approximate surface area is 187 Å². The van der Waals surface area contributed by atoms with E-state index < -0.39 is 5.82 Å². The Balaban J connectivity index is 1.61. The van der Waals surface area contributed by atoms with Crippen molar-refractivity contribution in [2.45, 2.75) is 5.03 Å². The summed E-state index contributed by atoms with van der Waals surface area (Å²) < 4.78 is 19.1. The number of amides is 1. The molecule has 0 atom stereocenters. The Kier molecular flexibility index (Phi) is 6.34. The highest BCUT2D eigenvalue weighted by molar-refractivity contribution is 8.00. The van der Waals surface area contributed by atoms with E-state index in [1.165, 1.54) is 31.0 Å². The molecular weight excluding hydrogens is 437 g/mol. The van der Waals surface area contributed by atoms with Crippen LogP contribution in [0.1, 0.15) is 0 Å². The van der Waals surface area contributed by atoms with E-state index in [0.29, 0.717) is 38.2 Å². The van der Waals surface area contributed by atoms with Crippen LogP contribution in [0.5, 0.6) is 5.75 Å². The topological polar surface area (TPSA) is 64.1 Å². The molecule has 0 aliphatic rings. The number of carbonyl (C=O) groups excluding carboxylic acids is 1. The van der Waals surface area contributed by atoms with Crippen molar-refractivity contribution in [2.75, 3.05) is 18.2 Å². The van der Waals surface area contributed by atoms with Gasteiger partial charge in [-0.15, -0.1) is 0 Å². The second-order valence-electron chi connectivity index (χ2n) is 6.56. The van der Waals surface area contributed by atoms with Gasteiger partial charge in [0.1, 0.15) is 16.6 Å². The lowest BCUT2D eigenvalue weighted by Crippen LogP contribution is -2.15. The van der Waals surface area contributed by atoms with Crippen LogP contribution >= 0.6 is 23.4 Å². The molecule has 0 radical (unpaired) electrons. The van der Waals surface area contributed by atoms with E-state index in [4.69, 9.17) is 16.3 Å². The van der Waals surface area contributed by atoms with Gasteiger partial charge in [-0.05, 0) is 36.4 Å². The number of thioether (sulfide) groups is 1. The first-order chi connectivity index (χ1) is 15.0. The number of nitrogens with one attached hydrogen (secondary N) is 1. The van der Waals surface area contributed by atoms with Crippen molar-refractivity contribution in [3.63, 3.8) is 0 Å². The summed E-state index contributed by atoms with van der Waals surface area (Å²) in [5, 5.41) is 4.35. The molecule has 5 nitrogen and oxygen atoms in total. The Bertz CT molecular complexity index is 1250. The number of hydrogen-bond donors (Lipinski definition) is 1. The molecule has 31 heavy (non-hydrogen) atoms. The maximum Gasteiger partial charge on any atom is 0.234 e. The number of benzene rings is 3. The molecule has 1 N–H and O–H groups in total. The number of rotatable bonds is 6. The average molecular weight is 454 g/mol. The zero-order valence-electron chi connectivity index (χ0n) is 16.4. The molecule has 0 fully saturated rings. The lowest BCUT2D eigenvalue weighted by molar-refractivity contribution is -0.113. The van der Waals surface area contributed by atoms with E-state index in [2.05, 4.69) is 15.3 Å². The third kappa shape index (κ3) is 4.95. The highest BCUT2D eigenvalue weighted by Crippen LogP contribution is 2.31. The Morgan fingerprint density at radius 3 is 2.68 bits per heavy atom. The van der Waals surface area contributed by atoms with Gasteiger partial charge in [0.05, 0.1) is 24.1 Å². The smallest absolute Gasteiger partial charge is 0.234 e. The van der Waals surface area contributed by atoms with Crippen LogP contribution < -0.4 is 10.1 Å². The summed E-state index contributed by atoms with van der Waals surface area (Å²) in [6.45, 7) is 0. The van der Waals surface area contributed by atoms with Crippen molar-refractivity contribution in [3.8, 4) is 17.1 Å². The number of halogens is 2. The lowest BCUT2D eigenvalue weighted by Gasteiger charge is -2.11. The maximum absolute atomic E-state index is 13.9. The van der Waals surface area contributed by atoms with Crippen molar-refractivity contribution in [2.24, 2.45) is 0 Å². The van der Waals surface area contributed by atoms with Gasteiger partial charge in [-0.2, -0.15) is 0 Å². The Morgan fingerprint density at radius 2 is 1.90 bits per heavy atom. The summed E-state index contributed by atoms with van der Waals surface area (Å²) in [4.78, 5) is 21.7. The molecule has 4 aromatic rings. The van der Waals surface area contributed by atoms with Gasteiger partial charge in [0.2, 0.25) is 5.91 Å². The zero-order valence-corrected chi connectivity index (χ0v) is 18.0. The van der Waals surface area contributed by atoms with Gasteiger partial charge in [-0.25, -0.2) is 14.4 Å². The standard InChI is InChI=1S/C23H17ClFN3O2S/c1-30-20-10-7-15(24)11-19(20)26-21(29)13-31-23-17-12-16(25)8-9-18(17)27-22(28-23)14-5-3-2-4-6-14/h2-12H,13H2,1H3,(H,26,29). The minimum absolute atomic E-state index is 0.0620. The van der Waals surface area contributed by atoms with Crippen LogP contribution in [0.15, 0.2) is 71.8 Å². The molecular formula is C23H17ClFN3O2S. The fourth-order valence-electron chi connectivity index (χ4n) is 3.00. The molecule has 0 saturated heterocycles. The largest absolute Gasteiger partial charge is 0.495 e. The van der Waals surface area contributed by atoms with Crippen LogP contribution in [0.25, 0.3) is 22.3 Å². The van der Waals surface area contributed by atoms with Crippen molar-refractivity contribution in [1.29, 1.82) is 0 Å². The van der Waals surface area contributed by atoms with Gasteiger partial charge in [-0.1, -0.05) is 53.7 Å². The molecule has 156 valence electrons. The number of ether oxygens (including phenoxy) is 1. The van der Waals surface area contributed by atoms with E-state index in [9.17, 15) is 9.18 Å². The predicted octanol–water partition coefficient (Wildman–Crippen LogP) is 5.83. The lowest BCUT2D eigenvalue weighted by atomic mass is 10.2. The highest BCUT2D eigenvalue weighted by Gasteiger charge is 2.14. The molecule has 0 aliphatic heterocycles. The second-order valence-corrected chi connectivity index (χ2v) is 7.96. The first-order valence-corrected chi connectivity index (χ1v) is 10.7. The molecule has 1 amide bonds. The third-order valence-corrected chi connectivity index (χ3v) is 5.66. The molecule has 1 heterocycles. The summed E-state index contributed by atoms with van der Waals surface area (Å²) in [6, 6.07) is 18.8. The molecule has 0 unspecified atom stereocenters. The van der Waals surface area contributed by atoms with E-state index in [0.717, 1.165) is 5.56 Å². The van der Waals surface area contributed by atoms with Crippen molar-refractivity contribution < 1.29 is 13.9 Å². The molecule has 8 heteroatoms. The highest BCUT2D eigenvalue weighted by atomic mass is 35.5. The summed E-state index contributed by atoms with van der Waals surface area (Å²) in [6.07, 6.45) is 0. The van der Waals surface area contributed by atoms with Crippen LogP contribution in [-0.4, -0.2) is 28.7 Å². The molecule has 0 spiro atoms. The van der Waals surface area contributed by atoms with Gasteiger partial charge in [-0.3, -0.25) is 4.79 Å². The monoisotopic (exact) mass is 453 g/mol. The maximum atomic E-state index is 13.9. The molecule has 0 aliphatic carbocycles. The zero-order chi connectivity index (χ0) is 21.8. The van der Waals surface area contributed by atoms with E-state index >= 15 is 0 Å². The van der Waals surface area contributed by atoms with E-state index in [-0.39, 0.29) is 11.7 Å². The quantitative estimate of drug-likeness (QED) is 0.294. The van der Waals surface area contributed by atoms with Gasteiger partial charge in [0.15, 0.2) is 5.82 Å². The summed E-state index contributed by atoms with van der Waals surface area (Å²) in [5.74, 6) is 0.420. The van der Waals surface area contributed by atoms with Gasteiger partial charge in [0.25, 0.3) is 0 Å². The predicted molar refractivity (Wildman–Crippen MR) is 122 cm³/mol. The van der Waals surface area contributed by atoms with Crippen LogP contribution in [0.4, 0.5) is 10.1 Å². The van der Waals surface area contributed by atoms with Gasteiger partial charge >= 0.3 is 0 Å². The second kappa shape index (κ2) is 9.32. The Hall–Kier alpha value is -3.16. The average Bonchev–Trinajstić information content (AvgIpc) is 2.78. The normalized spacial score (nSPS) is 10.8. The fraction of sp³-hybridized carbons (Fsp3) is 0.0870. The SMILES string of the molecule is COc1ccc(Cl)cc1NC(=O)CSc1nc(-c2ccccc2)nc2ccc(F)cc12. The fourth-order valence-corrected chi connectivity index (χ4v) is 3.98. The van der Waals surface area contributed by atoms with Crippen LogP contribution in [0, 0.1) is 5.82 Å². The third-order valence-electron chi connectivity index (χ3n) is 4.43. The molecule has 3 aromatic carbocycles. The number of fused-ring (bicyclic) bond motifs is 1. The molecule has 1 aromatic heterocycles. The summed E-state index contributed by atoms with van der Waals surface area (Å²) in [5.41, 5.74) is 1.92. The van der Waals surface area contributed by atoms with E-state index in [1.54, 1.807) is 24.3 Å². The number of nitrogens with zero attached hydrogens (tertiary/aromatic N) is 2. The minimum Gasteiger partial charge on any atom is -0.495 e. The van der Waals surface area contributed by atoms with Crippen LogP contribution in [0.3, 0.4) is 0 Å². The van der Waals surface area contributed by atoms with Gasteiger partial charge in [0, 0.05) is 16.0 Å². The van der Waals surface area contributed by atoms with Crippen molar-refractivity contribution in [1.82, 2.24) is 9.97 Å². The molecule has 0 bridgehead atoms. The minimum atomic E-state index is -0.390. The van der Waals surface area contributed by atoms with Crippen LogP contribution in [-0.2, 0) is 4.79 Å². The first-order valence-electron chi connectivity index (χ1n) is 9.32. The molecule has 0 saturated carbocycles. The van der Waals surface area contributed by atoms with Gasteiger partial charge < -0.3 is 10.1 Å². The number of methoxy groups -OCH3 is 1. The number of hydrogen-bond acceptors (Lipinski definition) is 5. The Morgan fingerprint density at radius 1 is 1.10 bits per heavy atom.